The molecule has 1 atom stereocenters. The molecule has 0 aliphatic rings. The van der Waals surface area contributed by atoms with E-state index < -0.39 is 11.7 Å². The Morgan fingerprint density at radius 2 is 1.95 bits per heavy atom. The Labute approximate surface area is 133 Å². The first-order valence-corrected chi connectivity index (χ1v) is 7.68. The Morgan fingerprint density at radius 3 is 2.50 bits per heavy atom. The molecule has 0 spiro atoms. The molecule has 1 amide bonds. The van der Waals surface area contributed by atoms with Crippen molar-refractivity contribution in [2.45, 2.75) is 39.4 Å². The van der Waals surface area contributed by atoms with Gasteiger partial charge in [-0.1, -0.05) is 29.0 Å². The van der Waals surface area contributed by atoms with Crippen LogP contribution in [0.5, 0.6) is 5.75 Å². The predicted molar refractivity (Wildman–Crippen MR) is 85.1 cm³/mol. The SMILES string of the molecule is Cc1ccc(O[C@H](C)C(=O)Nc2nnc(C(C)(C)O)s2)cc1. The third-order valence-electron chi connectivity index (χ3n) is 2.88. The molecule has 0 aliphatic heterocycles. The largest absolute Gasteiger partial charge is 0.481 e. The van der Waals surface area contributed by atoms with Crippen LogP contribution in [0.25, 0.3) is 0 Å². The predicted octanol–water partition coefficient (Wildman–Crippen LogP) is 2.48. The van der Waals surface area contributed by atoms with E-state index in [1.165, 1.54) is 0 Å². The maximum absolute atomic E-state index is 12.1. The van der Waals surface area contributed by atoms with Gasteiger partial charge in [0.25, 0.3) is 5.91 Å². The molecular weight excluding hydrogens is 302 g/mol. The summed E-state index contributed by atoms with van der Waals surface area (Å²) in [5.41, 5.74) is 0.0439. The van der Waals surface area contributed by atoms with Gasteiger partial charge >= 0.3 is 0 Å². The Hall–Kier alpha value is -1.99. The summed E-state index contributed by atoms with van der Waals surface area (Å²) < 4.78 is 5.57. The van der Waals surface area contributed by atoms with Gasteiger partial charge in [-0.15, -0.1) is 10.2 Å². The molecule has 0 aliphatic carbocycles. The number of aromatic nitrogens is 2. The summed E-state index contributed by atoms with van der Waals surface area (Å²) in [6.07, 6.45) is -0.669. The van der Waals surface area contributed by atoms with Crippen LogP contribution in [0.15, 0.2) is 24.3 Å². The minimum absolute atomic E-state index is 0.320. The van der Waals surface area contributed by atoms with Gasteiger partial charge in [0, 0.05) is 0 Å². The number of ether oxygens (including phenoxy) is 1. The van der Waals surface area contributed by atoms with Crippen LogP contribution in [-0.2, 0) is 10.4 Å². The Morgan fingerprint density at radius 1 is 1.32 bits per heavy atom. The number of anilines is 1. The number of amides is 1. The summed E-state index contributed by atoms with van der Waals surface area (Å²) in [7, 11) is 0. The van der Waals surface area contributed by atoms with Gasteiger partial charge in [0.05, 0.1) is 0 Å². The van der Waals surface area contributed by atoms with Gasteiger partial charge in [-0.05, 0) is 39.8 Å². The van der Waals surface area contributed by atoms with E-state index in [4.69, 9.17) is 4.74 Å². The second kappa shape index (κ2) is 6.41. The summed E-state index contributed by atoms with van der Waals surface area (Å²) in [5, 5.41) is 20.9. The second-order valence-electron chi connectivity index (χ2n) is 5.53. The van der Waals surface area contributed by atoms with Crippen molar-refractivity contribution in [2.75, 3.05) is 5.32 Å². The first-order valence-electron chi connectivity index (χ1n) is 6.86. The zero-order valence-electron chi connectivity index (χ0n) is 13.0. The summed E-state index contributed by atoms with van der Waals surface area (Å²) in [5.74, 6) is 0.307. The number of rotatable bonds is 5. The number of nitrogens with one attached hydrogen (secondary N) is 1. The van der Waals surface area contributed by atoms with E-state index in [-0.39, 0.29) is 5.91 Å². The molecule has 2 rings (SSSR count). The summed E-state index contributed by atoms with van der Waals surface area (Å²) in [6.45, 7) is 6.87. The van der Waals surface area contributed by atoms with Crippen molar-refractivity contribution in [1.82, 2.24) is 10.2 Å². The fourth-order valence-corrected chi connectivity index (χ4v) is 2.35. The minimum atomic E-state index is -1.08. The molecule has 0 unspecified atom stereocenters. The highest BCUT2D eigenvalue weighted by Crippen LogP contribution is 2.26. The molecule has 1 aromatic carbocycles. The van der Waals surface area contributed by atoms with Gasteiger partial charge in [0.2, 0.25) is 5.13 Å². The fraction of sp³-hybridized carbons (Fsp3) is 0.400. The lowest BCUT2D eigenvalue weighted by Gasteiger charge is -2.13. The topological polar surface area (TPSA) is 84.3 Å². The van der Waals surface area contributed by atoms with E-state index in [1.54, 1.807) is 20.8 Å². The average Bonchev–Trinajstić information content (AvgIpc) is 2.90. The molecule has 2 aromatic rings. The minimum Gasteiger partial charge on any atom is -0.481 e. The molecule has 0 radical (unpaired) electrons. The quantitative estimate of drug-likeness (QED) is 0.884. The monoisotopic (exact) mass is 321 g/mol. The van der Waals surface area contributed by atoms with Gasteiger partial charge < -0.3 is 9.84 Å². The smallest absolute Gasteiger partial charge is 0.266 e. The normalized spacial score (nSPS) is 12.8. The molecule has 22 heavy (non-hydrogen) atoms. The number of aliphatic hydroxyl groups is 1. The van der Waals surface area contributed by atoms with Crippen LogP contribution in [0.4, 0.5) is 5.13 Å². The van der Waals surface area contributed by atoms with Crippen LogP contribution in [0, 0.1) is 6.92 Å². The fourth-order valence-electron chi connectivity index (χ4n) is 1.60. The number of hydrogen-bond donors (Lipinski definition) is 2. The van der Waals surface area contributed by atoms with Crippen molar-refractivity contribution >= 4 is 22.4 Å². The number of carbonyl (C=O) groups excluding carboxylic acids is 1. The van der Waals surface area contributed by atoms with Crippen LogP contribution < -0.4 is 10.1 Å². The third kappa shape index (κ3) is 4.25. The number of benzene rings is 1. The van der Waals surface area contributed by atoms with Crippen LogP contribution in [-0.4, -0.2) is 27.3 Å². The van der Waals surface area contributed by atoms with Crippen molar-refractivity contribution in [3.05, 3.63) is 34.8 Å². The summed E-state index contributed by atoms with van der Waals surface area (Å²) in [6, 6.07) is 7.47. The van der Waals surface area contributed by atoms with Gasteiger partial charge in [-0.3, -0.25) is 10.1 Å². The molecule has 0 saturated carbocycles. The van der Waals surface area contributed by atoms with Crippen molar-refractivity contribution in [1.29, 1.82) is 0 Å². The molecule has 0 fully saturated rings. The van der Waals surface area contributed by atoms with Gasteiger partial charge in [0.15, 0.2) is 6.10 Å². The lowest BCUT2D eigenvalue weighted by Crippen LogP contribution is -2.30. The van der Waals surface area contributed by atoms with Crippen molar-refractivity contribution in [3.8, 4) is 5.75 Å². The second-order valence-corrected chi connectivity index (χ2v) is 6.51. The highest BCUT2D eigenvalue weighted by atomic mass is 32.1. The van der Waals surface area contributed by atoms with E-state index in [0.717, 1.165) is 16.9 Å². The lowest BCUT2D eigenvalue weighted by molar-refractivity contribution is -0.122. The van der Waals surface area contributed by atoms with Crippen LogP contribution in [0.1, 0.15) is 31.3 Å². The van der Waals surface area contributed by atoms with E-state index >= 15 is 0 Å². The molecule has 7 heteroatoms. The molecule has 2 N–H and O–H groups in total. The zero-order chi connectivity index (χ0) is 16.3. The summed E-state index contributed by atoms with van der Waals surface area (Å²) in [4.78, 5) is 12.1. The number of carbonyl (C=O) groups is 1. The van der Waals surface area contributed by atoms with E-state index in [9.17, 15) is 9.90 Å². The average molecular weight is 321 g/mol. The molecule has 1 heterocycles. The van der Waals surface area contributed by atoms with E-state index in [1.807, 2.05) is 31.2 Å². The number of hydrogen-bond acceptors (Lipinski definition) is 6. The lowest BCUT2D eigenvalue weighted by atomic mass is 10.2. The molecule has 1 aromatic heterocycles. The first kappa shape index (κ1) is 16.4. The van der Waals surface area contributed by atoms with Crippen LogP contribution in [0.3, 0.4) is 0 Å². The molecule has 118 valence electrons. The highest BCUT2D eigenvalue weighted by Gasteiger charge is 2.23. The molecule has 0 saturated heterocycles. The standard InChI is InChI=1S/C15H19N3O3S/c1-9-5-7-11(8-6-9)21-10(2)12(19)16-14-18-17-13(22-14)15(3,4)20/h5-8,10,20H,1-4H3,(H,16,18,19)/t10-/m1/s1. The molecular formula is C15H19N3O3S. The maximum Gasteiger partial charge on any atom is 0.266 e. The van der Waals surface area contributed by atoms with Crippen molar-refractivity contribution < 1.29 is 14.6 Å². The highest BCUT2D eigenvalue weighted by molar-refractivity contribution is 7.15. The van der Waals surface area contributed by atoms with Crippen molar-refractivity contribution in [2.24, 2.45) is 0 Å². The summed E-state index contributed by atoms with van der Waals surface area (Å²) >= 11 is 1.13. The van der Waals surface area contributed by atoms with E-state index in [2.05, 4.69) is 15.5 Å². The van der Waals surface area contributed by atoms with Gasteiger partial charge in [0.1, 0.15) is 16.4 Å². The van der Waals surface area contributed by atoms with Gasteiger partial charge in [-0.2, -0.15) is 0 Å². The maximum atomic E-state index is 12.1. The Bertz CT molecular complexity index is 647. The third-order valence-corrected chi connectivity index (χ3v) is 4.03. The molecule has 0 bridgehead atoms. The Balaban J connectivity index is 1.96. The molecule has 6 nitrogen and oxygen atoms in total. The zero-order valence-corrected chi connectivity index (χ0v) is 13.8. The van der Waals surface area contributed by atoms with Crippen LogP contribution in [0.2, 0.25) is 0 Å². The first-order chi connectivity index (χ1) is 10.3. The van der Waals surface area contributed by atoms with Gasteiger partial charge in [-0.25, -0.2) is 0 Å². The van der Waals surface area contributed by atoms with Crippen molar-refractivity contribution in [3.63, 3.8) is 0 Å². The van der Waals surface area contributed by atoms with Crippen LogP contribution >= 0.6 is 11.3 Å². The Kier molecular flexibility index (Phi) is 4.77. The van der Waals surface area contributed by atoms with E-state index in [0.29, 0.717) is 15.9 Å². The number of aryl methyl sites for hydroxylation is 1. The number of nitrogens with zero attached hydrogens (tertiary/aromatic N) is 2.